The van der Waals surface area contributed by atoms with Crippen LogP contribution in [-0.2, 0) is 9.59 Å². The molecule has 0 saturated heterocycles. The van der Waals surface area contributed by atoms with Crippen molar-refractivity contribution in [2.75, 3.05) is 0 Å². The van der Waals surface area contributed by atoms with E-state index < -0.39 is 11.2 Å². The van der Waals surface area contributed by atoms with Gasteiger partial charge in [0, 0.05) is 6.04 Å². The number of hydrogen-bond acceptors (Lipinski definition) is 4. The van der Waals surface area contributed by atoms with E-state index in [4.69, 9.17) is 5.11 Å². The Labute approximate surface area is 129 Å². The van der Waals surface area contributed by atoms with Crippen LogP contribution in [0.15, 0.2) is 4.99 Å². The molecule has 0 aromatic carbocycles. The van der Waals surface area contributed by atoms with Crippen LogP contribution in [0.3, 0.4) is 0 Å². The van der Waals surface area contributed by atoms with Crippen molar-refractivity contribution in [2.24, 2.45) is 28.2 Å². The summed E-state index contributed by atoms with van der Waals surface area (Å²) in [6.07, 6.45) is 2.27. The van der Waals surface area contributed by atoms with Crippen molar-refractivity contribution >= 4 is 28.8 Å². The molecule has 4 aliphatic rings. The summed E-state index contributed by atoms with van der Waals surface area (Å²) in [4.78, 5) is 26.4. The summed E-state index contributed by atoms with van der Waals surface area (Å²) in [5, 5.41) is 12.3. The number of nitrogens with zero attached hydrogens (tertiary/aromatic N) is 1. The largest absolute Gasteiger partial charge is 0.481 e. The van der Waals surface area contributed by atoms with Crippen molar-refractivity contribution in [3.8, 4) is 0 Å². The van der Waals surface area contributed by atoms with E-state index in [-0.39, 0.29) is 12.3 Å². The summed E-state index contributed by atoms with van der Waals surface area (Å²) in [5.74, 6) is 0.757. The molecule has 5 atom stereocenters. The van der Waals surface area contributed by atoms with E-state index >= 15 is 0 Å². The first-order valence-corrected chi connectivity index (χ1v) is 8.44. The average molecular weight is 310 g/mol. The molecule has 5 nitrogen and oxygen atoms in total. The van der Waals surface area contributed by atoms with Crippen LogP contribution in [0.25, 0.3) is 0 Å². The zero-order valence-electron chi connectivity index (χ0n) is 12.6. The van der Waals surface area contributed by atoms with Crippen LogP contribution in [0.4, 0.5) is 0 Å². The molecule has 3 fully saturated rings. The second-order valence-electron chi connectivity index (χ2n) is 7.17. The van der Waals surface area contributed by atoms with Gasteiger partial charge in [0.15, 0.2) is 5.17 Å². The molecule has 3 saturated carbocycles. The van der Waals surface area contributed by atoms with Gasteiger partial charge in [0.1, 0.15) is 5.25 Å². The topological polar surface area (TPSA) is 78.8 Å². The predicted octanol–water partition coefficient (Wildman–Crippen LogP) is 2.12. The number of carbonyl (C=O) groups is 2. The highest BCUT2D eigenvalue weighted by Gasteiger charge is 2.56. The SMILES string of the molecule is C[C@H]1[C@H]2C[C@H](C[C@H]1NC1=NC(=O)C(CC(=O)O)S1)C2(C)C. The number of amides is 1. The average Bonchev–Trinajstić information content (AvgIpc) is 2.70. The van der Waals surface area contributed by atoms with Gasteiger partial charge in [-0.3, -0.25) is 9.59 Å². The lowest BCUT2D eigenvalue weighted by atomic mass is 9.45. The smallest absolute Gasteiger partial charge is 0.305 e. The Morgan fingerprint density at radius 2 is 2.19 bits per heavy atom. The molecular formula is C15H22N2O3S. The van der Waals surface area contributed by atoms with E-state index in [0.29, 0.717) is 22.5 Å². The highest BCUT2D eigenvalue weighted by molar-refractivity contribution is 8.15. The second kappa shape index (κ2) is 5.00. The Bertz CT molecular complexity index is 517. The predicted molar refractivity (Wildman–Crippen MR) is 82.2 cm³/mol. The maximum Gasteiger partial charge on any atom is 0.305 e. The Morgan fingerprint density at radius 3 is 2.76 bits per heavy atom. The Morgan fingerprint density at radius 1 is 1.48 bits per heavy atom. The number of amidine groups is 1. The van der Waals surface area contributed by atoms with Gasteiger partial charge in [-0.05, 0) is 36.0 Å². The first-order valence-electron chi connectivity index (χ1n) is 7.56. The molecule has 1 amide bonds. The van der Waals surface area contributed by atoms with E-state index in [9.17, 15) is 9.59 Å². The Balaban J connectivity index is 1.60. The first-order chi connectivity index (χ1) is 9.79. The maximum absolute atomic E-state index is 11.7. The van der Waals surface area contributed by atoms with Gasteiger partial charge in [0.25, 0.3) is 5.91 Å². The number of aliphatic imine (C=N–C) groups is 1. The van der Waals surface area contributed by atoms with Gasteiger partial charge in [0.05, 0.1) is 6.42 Å². The lowest BCUT2D eigenvalue weighted by molar-refractivity contribution is -0.138. The fraction of sp³-hybridized carbons (Fsp3) is 0.800. The normalized spacial score (nSPS) is 40.4. The van der Waals surface area contributed by atoms with Gasteiger partial charge in [-0.2, -0.15) is 4.99 Å². The molecule has 116 valence electrons. The van der Waals surface area contributed by atoms with Crippen molar-refractivity contribution in [1.82, 2.24) is 5.32 Å². The minimum Gasteiger partial charge on any atom is -0.481 e. The highest BCUT2D eigenvalue weighted by Crippen LogP contribution is 2.61. The number of carboxylic acids is 1. The van der Waals surface area contributed by atoms with Crippen LogP contribution < -0.4 is 5.32 Å². The molecule has 21 heavy (non-hydrogen) atoms. The quantitative estimate of drug-likeness (QED) is 0.835. The number of thioether (sulfide) groups is 1. The number of rotatable bonds is 3. The summed E-state index contributed by atoms with van der Waals surface area (Å²) >= 11 is 1.27. The molecule has 0 radical (unpaired) electrons. The second-order valence-corrected chi connectivity index (χ2v) is 8.36. The molecule has 1 heterocycles. The van der Waals surface area contributed by atoms with Gasteiger partial charge in [0.2, 0.25) is 0 Å². The molecule has 2 bridgehead atoms. The van der Waals surface area contributed by atoms with Gasteiger partial charge >= 0.3 is 5.97 Å². The van der Waals surface area contributed by atoms with Crippen molar-refractivity contribution in [1.29, 1.82) is 0 Å². The number of carbonyl (C=O) groups excluding carboxylic acids is 1. The summed E-state index contributed by atoms with van der Waals surface area (Å²) < 4.78 is 0. The van der Waals surface area contributed by atoms with Crippen LogP contribution in [0.2, 0.25) is 0 Å². The molecular weight excluding hydrogens is 288 g/mol. The van der Waals surface area contributed by atoms with E-state index in [1.54, 1.807) is 0 Å². The standard InChI is InChI=1S/C15H22N2O3S/c1-7-9-4-8(15(9,2)3)5-10(7)16-14-17-13(20)11(21-14)6-12(18)19/h7-11H,4-6H2,1-3H3,(H,18,19)(H,16,17,20)/t7-,8+,9+,10+,11?/m0/s1. The van der Waals surface area contributed by atoms with Crippen molar-refractivity contribution in [3.63, 3.8) is 0 Å². The van der Waals surface area contributed by atoms with Crippen molar-refractivity contribution < 1.29 is 14.7 Å². The fourth-order valence-corrected chi connectivity index (χ4v) is 5.25. The minimum atomic E-state index is -0.952. The lowest BCUT2D eigenvalue weighted by Gasteiger charge is -2.62. The number of fused-ring (bicyclic) bond motifs is 2. The molecule has 6 heteroatoms. The fourth-order valence-electron chi connectivity index (χ4n) is 4.24. The third-order valence-corrected chi connectivity index (χ3v) is 6.85. The summed E-state index contributed by atoms with van der Waals surface area (Å²) in [5.41, 5.74) is 0.434. The molecule has 4 rings (SSSR count). The minimum absolute atomic E-state index is 0.156. The Kier molecular flexibility index (Phi) is 3.55. The zero-order valence-corrected chi connectivity index (χ0v) is 13.4. The van der Waals surface area contributed by atoms with Gasteiger partial charge in [-0.15, -0.1) is 0 Å². The van der Waals surface area contributed by atoms with Gasteiger partial charge in [-0.1, -0.05) is 32.5 Å². The van der Waals surface area contributed by atoms with Crippen LogP contribution in [0.1, 0.15) is 40.0 Å². The third kappa shape index (κ3) is 2.47. The molecule has 0 aromatic heterocycles. The third-order valence-electron chi connectivity index (χ3n) is 5.76. The molecule has 3 aliphatic carbocycles. The number of nitrogens with one attached hydrogen (secondary N) is 1. The Hall–Kier alpha value is -1.04. The zero-order chi connectivity index (χ0) is 15.4. The summed E-state index contributed by atoms with van der Waals surface area (Å²) in [6.45, 7) is 6.98. The maximum atomic E-state index is 11.7. The molecule has 1 unspecified atom stereocenters. The number of carboxylic acid groups (broad SMARTS) is 1. The monoisotopic (exact) mass is 310 g/mol. The first kappa shape index (κ1) is 14.9. The van der Waals surface area contributed by atoms with E-state index in [1.165, 1.54) is 18.2 Å². The van der Waals surface area contributed by atoms with Crippen LogP contribution in [-0.4, -0.2) is 33.4 Å². The molecule has 0 spiro atoms. The van der Waals surface area contributed by atoms with Crippen LogP contribution >= 0.6 is 11.8 Å². The van der Waals surface area contributed by atoms with E-state index in [0.717, 1.165) is 18.3 Å². The summed E-state index contributed by atoms with van der Waals surface area (Å²) in [7, 11) is 0. The van der Waals surface area contributed by atoms with E-state index in [1.807, 2.05) is 0 Å². The number of hydrogen-bond donors (Lipinski definition) is 2. The molecule has 1 aliphatic heterocycles. The van der Waals surface area contributed by atoms with Gasteiger partial charge < -0.3 is 10.4 Å². The van der Waals surface area contributed by atoms with Gasteiger partial charge in [-0.25, -0.2) is 0 Å². The number of aliphatic carboxylic acids is 1. The van der Waals surface area contributed by atoms with Crippen LogP contribution in [0, 0.1) is 23.2 Å². The summed E-state index contributed by atoms with van der Waals surface area (Å²) in [6, 6.07) is 0.351. The van der Waals surface area contributed by atoms with Crippen molar-refractivity contribution in [2.45, 2.75) is 51.3 Å². The van der Waals surface area contributed by atoms with E-state index in [2.05, 4.69) is 31.1 Å². The van der Waals surface area contributed by atoms with Crippen LogP contribution in [0.5, 0.6) is 0 Å². The highest BCUT2D eigenvalue weighted by atomic mass is 32.2. The van der Waals surface area contributed by atoms with Crippen molar-refractivity contribution in [3.05, 3.63) is 0 Å². The lowest BCUT2D eigenvalue weighted by Crippen LogP contribution is -2.60. The molecule has 2 N–H and O–H groups in total. The molecule has 0 aromatic rings.